The molecule has 1 saturated heterocycles. The van der Waals surface area contributed by atoms with Crippen molar-refractivity contribution < 1.29 is 18.0 Å². The zero-order chi connectivity index (χ0) is 19.0. The molecule has 0 aromatic heterocycles. The van der Waals surface area contributed by atoms with Crippen molar-refractivity contribution in [2.24, 2.45) is 4.99 Å². The SMILES string of the molecule is CCNC(=NCc1cccc(C(F)(F)F)c1)NCCCN1CCCC1=O. The Balaban J connectivity index is 1.85. The Hall–Kier alpha value is -2.25. The number of alkyl halides is 3. The van der Waals surface area contributed by atoms with Crippen molar-refractivity contribution in [2.75, 3.05) is 26.2 Å². The Kier molecular flexibility index (Phi) is 7.29. The number of hydrogen-bond acceptors (Lipinski definition) is 2. The number of halogens is 3. The van der Waals surface area contributed by atoms with Crippen LogP contribution in [0.2, 0.25) is 0 Å². The van der Waals surface area contributed by atoms with E-state index in [1.54, 1.807) is 6.07 Å². The summed E-state index contributed by atoms with van der Waals surface area (Å²) >= 11 is 0. The Labute approximate surface area is 151 Å². The van der Waals surface area contributed by atoms with Crippen molar-refractivity contribution in [3.05, 3.63) is 35.4 Å². The Morgan fingerprint density at radius 3 is 2.77 bits per heavy atom. The molecular weight excluding hydrogens is 345 g/mol. The highest BCUT2D eigenvalue weighted by Gasteiger charge is 2.30. The van der Waals surface area contributed by atoms with Gasteiger partial charge in [0.1, 0.15) is 0 Å². The summed E-state index contributed by atoms with van der Waals surface area (Å²) < 4.78 is 38.3. The predicted molar refractivity (Wildman–Crippen MR) is 94.7 cm³/mol. The minimum atomic E-state index is -4.35. The van der Waals surface area contributed by atoms with E-state index < -0.39 is 11.7 Å². The number of hydrogen-bond donors (Lipinski definition) is 2. The molecule has 1 aliphatic rings. The van der Waals surface area contributed by atoms with Gasteiger partial charge in [-0.05, 0) is 37.5 Å². The number of aliphatic imine (C=N–C) groups is 1. The van der Waals surface area contributed by atoms with E-state index in [9.17, 15) is 18.0 Å². The third-order valence-electron chi connectivity index (χ3n) is 4.09. The van der Waals surface area contributed by atoms with E-state index in [-0.39, 0.29) is 12.5 Å². The molecule has 1 aromatic rings. The van der Waals surface area contributed by atoms with Crippen molar-refractivity contribution in [3.8, 4) is 0 Å². The van der Waals surface area contributed by atoms with Crippen LogP contribution in [0.15, 0.2) is 29.3 Å². The maximum atomic E-state index is 12.8. The van der Waals surface area contributed by atoms with Crippen LogP contribution in [0.5, 0.6) is 0 Å². The molecule has 1 aliphatic heterocycles. The third-order valence-corrected chi connectivity index (χ3v) is 4.09. The second-order valence-corrected chi connectivity index (χ2v) is 6.16. The lowest BCUT2D eigenvalue weighted by molar-refractivity contribution is -0.137. The summed E-state index contributed by atoms with van der Waals surface area (Å²) in [4.78, 5) is 17.7. The van der Waals surface area contributed by atoms with Crippen LogP contribution in [0.25, 0.3) is 0 Å². The fourth-order valence-electron chi connectivity index (χ4n) is 2.78. The van der Waals surface area contributed by atoms with Gasteiger partial charge in [-0.3, -0.25) is 4.79 Å². The summed E-state index contributed by atoms with van der Waals surface area (Å²) in [5.74, 6) is 0.757. The van der Waals surface area contributed by atoms with Gasteiger partial charge in [-0.25, -0.2) is 4.99 Å². The van der Waals surface area contributed by atoms with Crippen LogP contribution in [-0.4, -0.2) is 42.9 Å². The smallest absolute Gasteiger partial charge is 0.357 e. The van der Waals surface area contributed by atoms with Gasteiger partial charge in [0.25, 0.3) is 0 Å². The number of likely N-dealkylation sites (tertiary alicyclic amines) is 1. The van der Waals surface area contributed by atoms with E-state index >= 15 is 0 Å². The number of benzene rings is 1. The second-order valence-electron chi connectivity index (χ2n) is 6.16. The second kappa shape index (κ2) is 9.45. The average molecular weight is 370 g/mol. The molecule has 2 rings (SSSR count). The van der Waals surface area contributed by atoms with Crippen LogP contribution in [-0.2, 0) is 17.5 Å². The molecule has 1 amide bonds. The van der Waals surface area contributed by atoms with Gasteiger partial charge in [0.15, 0.2) is 5.96 Å². The molecular formula is C18H25F3N4O. The van der Waals surface area contributed by atoms with E-state index in [1.165, 1.54) is 6.07 Å². The summed E-state index contributed by atoms with van der Waals surface area (Å²) in [6, 6.07) is 5.19. The first-order valence-corrected chi connectivity index (χ1v) is 8.86. The van der Waals surface area contributed by atoms with Gasteiger partial charge < -0.3 is 15.5 Å². The highest BCUT2D eigenvalue weighted by Crippen LogP contribution is 2.29. The maximum absolute atomic E-state index is 12.8. The molecule has 1 heterocycles. The number of nitrogens with one attached hydrogen (secondary N) is 2. The summed E-state index contributed by atoms with van der Waals surface area (Å²) in [5.41, 5.74) is -0.168. The van der Waals surface area contributed by atoms with Gasteiger partial charge in [-0.1, -0.05) is 12.1 Å². The topological polar surface area (TPSA) is 56.7 Å². The van der Waals surface area contributed by atoms with Crippen molar-refractivity contribution in [2.45, 2.75) is 38.9 Å². The summed E-state index contributed by atoms with van der Waals surface area (Å²) in [6.07, 6.45) is -2.00. The molecule has 2 N–H and O–H groups in total. The number of rotatable bonds is 7. The summed E-state index contributed by atoms with van der Waals surface area (Å²) in [7, 11) is 0. The summed E-state index contributed by atoms with van der Waals surface area (Å²) in [6.45, 7) is 4.90. The minimum absolute atomic E-state index is 0.157. The van der Waals surface area contributed by atoms with Gasteiger partial charge in [-0.2, -0.15) is 13.2 Å². The molecule has 0 saturated carbocycles. The minimum Gasteiger partial charge on any atom is -0.357 e. The molecule has 0 spiro atoms. The number of amides is 1. The van der Waals surface area contributed by atoms with E-state index in [2.05, 4.69) is 15.6 Å². The van der Waals surface area contributed by atoms with E-state index in [0.29, 0.717) is 37.6 Å². The summed E-state index contributed by atoms with van der Waals surface area (Å²) in [5, 5.41) is 6.22. The van der Waals surface area contributed by atoms with Crippen molar-refractivity contribution >= 4 is 11.9 Å². The fraction of sp³-hybridized carbons (Fsp3) is 0.556. The van der Waals surface area contributed by atoms with Crippen LogP contribution in [0.4, 0.5) is 13.2 Å². The van der Waals surface area contributed by atoms with Gasteiger partial charge in [0.2, 0.25) is 5.91 Å². The largest absolute Gasteiger partial charge is 0.416 e. The Bertz CT molecular complexity index is 631. The molecule has 5 nitrogen and oxygen atoms in total. The molecule has 0 radical (unpaired) electrons. The maximum Gasteiger partial charge on any atom is 0.416 e. The van der Waals surface area contributed by atoms with Crippen LogP contribution in [0, 0.1) is 0 Å². The first kappa shape index (κ1) is 20.1. The predicted octanol–water partition coefficient (Wildman–Crippen LogP) is 2.77. The molecule has 0 aliphatic carbocycles. The lowest BCUT2D eigenvalue weighted by Crippen LogP contribution is -2.39. The molecule has 1 aromatic carbocycles. The highest BCUT2D eigenvalue weighted by atomic mass is 19.4. The first-order valence-electron chi connectivity index (χ1n) is 8.86. The van der Waals surface area contributed by atoms with Gasteiger partial charge in [-0.15, -0.1) is 0 Å². The number of carbonyl (C=O) groups excluding carboxylic acids is 1. The van der Waals surface area contributed by atoms with E-state index in [1.807, 2.05) is 11.8 Å². The van der Waals surface area contributed by atoms with Crippen molar-refractivity contribution in [3.63, 3.8) is 0 Å². The zero-order valence-corrected chi connectivity index (χ0v) is 14.9. The van der Waals surface area contributed by atoms with Crippen LogP contribution >= 0.6 is 0 Å². The van der Waals surface area contributed by atoms with Crippen LogP contribution in [0.3, 0.4) is 0 Å². The molecule has 0 atom stereocenters. The monoisotopic (exact) mass is 370 g/mol. The van der Waals surface area contributed by atoms with E-state index in [0.717, 1.165) is 31.5 Å². The van der Waals surface area contributed by atoms with Gasteiger partial charge in [0.05, 0.1) is 12.1 Å². The quantitative estimate of drug-likeness (QED) is 0.441. The zero-order valence-electron chi connectivity index (χ0n) is 14.9. The highest BCUT2D eigenvalue weighted by molar-refractivity contribution is 5.79. The normalized spacial score (nSPS) is 15.5. The third kappa shape index (κ3) is 6.24. The Morgan fingerprint density at radius 1 is 1.31 bits per heavy atom. The molecule has 26 heavy (non-hydrogen) atoms. The molecule has 0 bridgehead atoms. The standard InChI is InChI=1S/C18H25F3N4O/c1-2-22-17(23-9-5-11-25-10-4-8-16(25)26)24-13-14-6-3-7-15(12-14)18(19,20)21/h3,6-7,12H,2,4-5,8-11,13H2,1H3,(H2,22,23,24). The number of carbonyl (C=O) groups is 1. The molecule has 0 unspecified atom stereocenters. The van der Waals surface area contributed by atoms with E-state index in [4.69, 9.17) is 0 Å². The Morgan fingerprint density at radius 2 is 2.12 bits per heavy atom. The first-order chi connectivity index (χ1) is 12.4. The van der Waals surface area contributed by atoms with Gasteiger partial charge >= 0.3 is 6.18 Å². The lowest BCUT2D eigenvalue weighted by Gasteiger charge is -2.16. The molecule has 8 heteroatoms. The number of nitrogens with zero attached hydrogens (tertiary/aromatic N) is 2. The average Bonchev–Trinajstić information content (AvgIpc) is 3.01. The van der Waals surface area contributed by atoms with Gasteiger partial charge in [0, 0.05) is 32.6 Å². The van der Waals surface area contributed by atoms with Crippen molar-refractivity contribution in [1.29, 1.82) is 0 Å². The van der Waals surface area contributed by atoms with Crippen LogP contribution in [0.1, 0.15) is 37.3 Å². The van der Waals surface area contributed by atoms with Crippen LogP contribution < -0.4 is 10.6 Å². The molecule has 144 valence electrons. The fourth-order valence-corrected chi connectivity index (χ4v) is 2.78. The number of guanidine groups is 1. The molecule has 1 fully saturated rings. The lowest BCUT2D eigenvalue weighted by atomic mass is 10.1. The van der Waals surface area contributed by atoms with Crippen molar-refractivity contribution in [1.82, 2.24) is 15.5 Å².